The summed E-state index contributed by atoms with van der Waals surface area (Å²) in [6.07, 6.45) is 3.17. The molecule has 0 spiro atoms. The van der Waals surface area contributed by atoms with Gasteiger partial charge in [0.15, 0.2) is 10.8 Å². The van der Waals surface area contributed by atoms with Gasteiger partial charge in [-0.3, -0.25) is 4.79 Å². The molecule has 2 atom stereocenters. The van der Waals surface area contributed by atoms with Gasteiger partial charge in [-0.25, -0.2) is 0 Å². The molecule has 1 fully saturated rings. The first-order chi connectivity index (χ1) is 8.59. The van der Waals surface area contributed by atoms with Crippen molar-refractivity contribution in [3.63, 3.8) is 0 Å². The van der Waals surface area contributed by atoms with Crippen LogP contribution in [0.5, 0.6) is 0 Å². The molecule has 1 aromatic heterocycles. The Kier molecular flexibility index (Phi) is 4.14. The predicted octanol–water partition coefficient (Wildman–Crippen LogP) is 1.51. The molecular weight excluding hydrogens is 254 g/mol. The first kappa shape index (κ1) is 13.2. The van der Waals surface area contributed by atoms with E-state index in [0.29, 0.717) is 0 Å². The second-order valence-electron chi connectivity index (χ2n) is 4.58. The van der Waals surface area contributed by atoms with Crippen LogP contribution in [0, 0.1) is 0 Å². The van der Waals surface area contributed by atoms with Gasteiger partial charge in [-0.1, -0.05) is 24.4 Å². The smallest absolute Gasteiger partial charge is 0.274 e. The van der Waals surface area contributed by atoms with E-state index in [9.17, 15) is 9.90 Å². The number of hydrogen-bond donors (Lipinski definition) is 1. The Morgan fingerprint density at radius 3 is 2.72 bits per heavy atom. The summed E-state index contributed by atoms with van der Waals surface area (Å²) in [5, 5.41) is 17.6. The van der Waals surface area contributed by atoms with Crippen molar-refractivity contribution in [1.29, 1.82) is 0 Å². The lowest BCUT2D eigenvalue weighted by atomic mass is 9.91. The zero-order valence-corrected chi connectivity index (χ0v) is 11.0. The monoisotopic (exact) mass is 269 g/mol. The zero-order chi connectivity index (χ0) is 13.1. The summed E-state index contributed by atoms with van der Waals surface area (Å²) in [6.45, 7) is 0. The number of aliphatic hydroxyl groups is 1. The Morgan fingerprint density at radius 2 is 2.11 bits per heavy atom. The van der Waals surface area contributed by atoms with Gasteiger partial charge in [0.1, 0.15) is 0 Å². The van der Waals surface area contributed by atoms with E-state index in [0.717, 1.165) is 25.7 Å². The summed E-state index contributed by atoms with van der Waals surface area (Å²) < 4.78 is 0. The van der Waals surface area contributed by atoms with Gasteiger partial charge in [0.2, 0.25) is 0 Å². The van der Waals surface area contributed by atoms with E-state index in [-0.39, 0.29) is 22.8 Å². The topological polar surface area (TPSA) is 66.3 Å². The number of carbonyl (C=O) groups is 1. The van der Waals surface area contributed by atoms with Crippen LogP contribution in [0.3, 0.4) is 0 Å². The molecule has 1 aliphatic carbocycles. The highest BCUT2D eigenvalue weighted by Gasteiger charge is 2.30. The molecule has 98 valence electrons. The van der Waals surface area contributed by atoms with Crippen molar-refractivity contribution in [3.8, 4) is 0 Å². The number of aliphatic hydroxyl groups excluding tert-OH is 1. The lowest BCUT2D eigenvalue weighted by Crippen LogP contribution is -2.46. The van der Waals surface area contributed by atoms with Crippen LogP contribution >= 0.6 is 11.6 Å². The van der Waals surface area contributed by atoms with Crippen LogP contribution in [-0.2, 0) is 0 Å². The average Bonchev–Trinajstić information content (AvgIpc) is 2.38. The summed E-state index contributed by atoms with van der Waals surface area (Å²) >= 11 is 5.63. The van der Waals surface area contributed by atoms with Gasteiger partial charge >= 0.3 is 0 Å². The van der Waals surface area contributed by atoms with Gasteiger partial charge in [-0.15, -0.1) is 10.2 Å². The fourth-order valence-corrected chi connectivity index (χ4v) is 2.41. The highest BCUT2D eigenvalue weighted by Crippen LogP contribution is 2.23. The fourth-order valence-electron chi connectivity index (χ4n) is 2.30. The van der Waals surface area contributed by atoms with Gasteiger partial charge in [-0.05, 0) is 25.0 Å². The molecule has 0 aliphatic heterocycles. The fraction of sp³-hybridized carbons (Fsp3) is 0.583. The van der Waals surface area contributed by atoms with Crippen molar-refractivity contribution >= 4 is 17.5 Å². The lowest BCUT2D eigenvalue weighted by molar-refractivity contribution is 0.0264. The van der Waals surface area contributed by atoms with Crippen molar-refractivity contribution in [3.05, 3.63) is 23.0 Å². The molecular formula is C12H16ClN3O2. The van der Waals surface area contributed by atoms with E-state index >= 15 is 0 Å². The van der Waals surface area contributed by atoms with E-state index < -0.39 is 6.10 Å². The second-order valence-corrected chi connectivity index (χ2v) is 4.96. The number of aromatic nitrogens is 2. The number of carbonyl (C=O) groups excluding carboxylic acids is 1. The molecule has 1 N–H and O–H groups in total. The molecule has 18 heavy (non-hydrogen) atoms. The lowest BCUT2D eigenvalue weighted by Gasteiger charge is -2.34. The first-order valence-electron chi connectivity index (χ1n) is 6.04. The van der Waals surface area contributed by atoms with Crippen molar-refractivity contribution in [2.45, 2.75) is 37.8 Å². The van der Waals surface area contributed by atoms with E-state index in [4.69, 9.17) is 11.6 Å². The molecule has 0 saturated heterocycles. The standard InChI is InChI=1S/C12H16ClN3O2/c1-16(9-4-2-3-5-10(9)17)12(18)8-6-7-11(13)15-14-8/h6-7,9-10,17H,2-5H2,1H3. The molecule has 1 heterocycles. The summed E-state index contributed by atoms with van der Waals surface area (Å²) in [4.78, 5) is 13.7. The summed E-state index contributed by atoms with van der Waals surface area (Å²) in [5.74, 6) is -0.231. The molecule has 1 aromatic rings. The third kappa shape index (κ3) is 2.79. The molecule has 1 amide bonds. The molecule has 0 bridgehead atoms. The van der Waals surface area contributed by atoms with E-state index in [1.165, 1.54) is 6.07 Å². The van der Waals surface area contributed by atoms with Gasteiger partial charge in [0, 0.05) is 7.05 Å². The molecule has 0 radical (unpaired) electrons. The maximum Gasteiger partial charge on any atom is 0.274 e. The quantitative estimate of drug-likeness (QED) is 0.884. The Hall–Kier alpha value is -1.20. The Balaban J connectivity index is 2.10. The SMILES string of the molecule is CN(C(=O)c1ccc(Cl)nn1)C1CCCCC1O. The van der Waals surface area contributed by atoms with Crippen LogP contribution < -0.4 is 0 Å². The van der Waals surface area contributed by atoms with Crippen molar-refractivity contribution < 1.29 is 9.90 Å². The van der Waals surface area contributed by atoms with Gasteiger partial charge < -0.3 is 10.0 Å². The molecule has 1 saturated carbocycles. The Labute approximate surface area is 111 Å². The van der Waals surface area contributed by atoms with Gasteiger partial charge in [0.25, 0.3) is 5.91 Å². The zero-order valence-electron chi connectivity index (χ0n) is 10.2. The number of halogens is 1. The van der Waals surface area contributed by atoms with Gasteiger partial charge in [-0.2, -0.15) is 0 Å². The summed E-state index contributed by atoms with van der Waals surface area (Å²) in [7, 11) is 1.69. The van der Waals surface area contributed by atoms with E-state index in [1.54, 1.807) is 18.0 Å². The van der Waals surface area contributed by atoms with Crippen molar-refractivity contribution in [2.24, 2.45) is 0 Å². The average molecular weight is 270 g/mol. The van der Waals surface area contributed by atoms with E-state index in [1.807, 2.05) is 0 Å². The van der Waals surface area contributed by atoms with Crippen LogP contribution in [-0.4, -0.2) is 45.3 Å². The van der Waals surface area contributed by atoms with Crippen LogP contribution in [0.25, 0.3) is 0 Å². The first-order valence-corrected chi connectivity index (χ1v) is 6.42. The largest absolute Gasteiger partial charge is 0.391 e. The third-order valence-electron chi connectivity index (χ3n) is 3.36. The molecule has 0 aromatic carbocycles. The number of rotatable bonds is 2. The van der Waals surface area contributed by atoms with E-state index in [2.05, 4.69) is 10.2 Å². The van der Waals surface area contributed by atoms with Crippen LogP contribution in [0.2, 0.25) is 5.15 Å². The highest BCUT2D eigenvalue weighted by molar-refractivity contribution is 6.29. The van der Waals surface area contributed by atoms with Crippen LogP contribution in [0.4, 0.5) is 0 Å². The Bertz CT molecular complexity index is 424. The van der Waals surface area contributed by atoms with Crippen molar-refractivity contribution in [1.82, 2.24) is 15.1 Å². The van der Waals surface area contributed by atoms with Crippen molar-refractivity contribution in [2.75, 3.05) is 7.05 Å². The minimum absolute atomic E-state index is 0.135. The molecule has 1 aliphatic rings. The summed E-state index contributed by atoms with van der Waals surface area (Å²) in [6, 6.07) is 2.94. The minimum atomic E-state index is -0.451. The number of hydrogen-bond acceptors (Lipinski definition) is 4. The Morgan fingerprint density at radius 1 is 1.39 bits per heavy atom. The normalized spacial score (nSPS) is 23.7. The molecule has 2 unspecified atom stereocenters. The highest BCUT2D eigenvalue weighted by atomic mass is 35.5. The maximum atomic E-state index is 12.2. The number of nitrogens with zero attached hydrogens (tertiary/aromatic N) is 3. The molecule has 5 nitrogen and oxygen atoms in total. The minimum Gasteiger partial charge on any atom is -0.391 e. The predicted molar refractivity (Wildman–Crippen MR) is 67.4 cm³/mol. The number of amides is 1. The van der Waals surface area contributed by atoms with Crippen LogP contribution in [0.15, 0.2) is 12.1 Å². The van der Waals surface area contributed by atoms with Crippen LogP contribution in [0.1, 0.15) is 36.2 Å². The summed E-state index contributed by atoms with van der Waals surface area (Å²) in [5.41, 5.74) is 0.250. The number of likely N-dealkylation sites (N-methyl/N-ethyl adjacent to an activating group) is 1. The molecule has 6 heteroatoms. The maximum absolute atomic E-state index is 12.2. The van der Waals surface area contributed by atoms with Gasteiger partial charge in [0.05, 0.1) is 12.1 Å². The second kappa shape index (κ2) is 5.63. The molecule has 2 rings (SSSR count). The third-order valence-corrected chi connectivity index (χ3v) is 3.56.